The number of nitrogens with two attached hydrogens (primary N) is 1. The summed E-state index contributed by atoms with van der Waals surface area (Å²) in [5.41, 5.74) is 8.76. The van der Waals surface area contributed by atoms with Gasteiger partial charge >= 0.3 is 0 Å². The van der Waals surface area contributed by atoms with E-state index in [-0.39, 0.29) is 5.91 Å². The highest BCUT2D eigenvalue weighted by Crippen LogP contribution is 2.28. The number of hydrogen-bond acceptors (Lipinski definition) is 4. The molecule has 1 aromatic rings. The fraction of sp³-hybridized carbons (Fsp3) is 0.633. The second-order valence-electron chi connectivity index (χ2n) is 11.1. The van der Waals surface area contributed by atoms with Crippen molar-refractivity contribution in [2.24, 2.45) is 11.7 Å². The van der Waals surface area contributed by atoms with Crippen molar-refractivity contribution >= 4 is 11.6 Å². The number of aliphatic hydroxyl groups is 1. The monoisotopic (exact) mass is 479 g/mol. The van der Waals surface area contributed by atoms with Crippen LogP contribution < -0.4 is 10.6 Å². The number of rotatable bonds is 7. The molecule has 1 amide bonds. The van der Waals surface area contributed by atoms with E-state index in [2.05, 4.69) is 74.8 Å². The smallest absolute Gasteiger partial charge is 0.239 e. The summed E-state index contributed by atoms with van der Waals surface area (Å²) in [6.45, 7) is 10.8. The highest BCUT2D eigenvalue weighted by molar-refractivity contribution is 5.81. The Morgan fingerprint density at radius 1 is 1.17 bits per heavy atom. The first-order valence-electron chi connectivity index (χ1n) is 13.5. The van der Waals surface area contributed by atoms with E-state index < -0.39 is 11.6 Å². The van der Waals surface area contributed by atoms with Crippen molar-refractivity contribution in [1.82, 2.24) is 4.90 Å². The van der Waals surface area contributed by atoms with E-state index in [1.54, 1.807) is 0 Å². The lowest BCUT2D eigenvalue weighted by atomic mass is 9.85. The average molecular weight is 480 g/mol. The van der Waals surface area contributed by atoms with Gasteiger partial charge < -0.3 is 20.6 Å². The molecule has 1 atom stereocenters. The molecule has 2 aliphatic rings. The molecule has 192 valence electrons. The van der Waals surface area contributed by atoms with Crippen molar-refractivity contribution in [1.29, 1.82) is 0 Å². The Balaban J connectivity index is 1.67. The molecule has 1 aromatic carbocycles. The van der Waals surface area contributed by atoms with Gasteiger partial charge in [-0.2, -0.15) is 0 Å². The van der Waals surface area contributed by atoms with E-state index in [9.17, 15) is 9.90 Å². The van der Waals surface area contributed by atoms with Crippen LogP contribution in [-0.4, -0.2) is 53.2 Å². The van der Waals surface area contributed by atoms with Crippen molar-refractivity contribution < 1.29 is 9.90 Å². The van der Waals surface area contributed by atoms with Crippen molar-refractivity contribution in [3.63, 3.8) is 0 Å². The normalized spacial score (nSPS) is 19.0. The third kappa shape index (κ3) is 8.12. The van der Waals surface area contributed by atoms with Gasteiger partial charge in [-0.25, -0.2) is 0 Å². The summed E-state index contributed by atoms with van der Waals surface area (Å²) in [5.74, 6) is 6.86. The Bertz CT molecular complexity index is 907. The maximum absolute atomic E-state index is 12.8. The Kier molecular flexibility index (Phi) is 9.83. The van der Waals surface area contributed by atoms with Crippen LogP contribution in [0.4, 0.5) is 5.69 Å². The van der Waals surface area contributed by atoms with Gasteiger partial charge in [-0.3, -0.25) is 4.79 Å². The van der Waals surface area contributed by atoms with Gasteiger partial charge in [0, 0.05) is 36.9 Å². The molecule has 0 bridgehead atoms. The number of likely N-dealkylation sites (tertiary alicyclic amines) is 1. The number of hydrogen-bond donors (Lipinski definition) is 2. The number of carbonyl (C=O) groups is 1. The van der Waals surface area contributed by atoms with Crippen LogP contribution >= 0.6 is 0 Å². The lowest BCUT2D eigenvalue weighted by Gasteiger charge is -2.40. The molecule has 35 heavy (non-hydrogen) atoms. The summed E-state index contributed by atoms with van der Waals surface area (Å²) in [4.78, 5) is 17.2. The zero-order chi connectivity index (χ0) is 25.4. The molecule has 1 saturated carbocycles. The molecular formula is C30H45N3O2. The maximum atomic E-state index is 12.8. The molecule has 0 spiro atoms. The van der Waals surface area contributed by atoms with Crippen molar-refractivity contribution in [2.45, 2.75) is 96.7 Å². The number of benzene rings is 1. The molecule has 1 aliphatic heterocycles. The van der Waals surface area contributed by atoms with E-state index >= 15 is 0 Å². The van der Waals surface area contributed by atoms with Gasteiger partial charge in [0.2, 0.25) is 5.91 Å². The Morgan fingerprint density at radius 3 is 2.37 bits per heavy atom. The molecule has 1 unspecified atom stereocenters. The van der Waals surface area contributed by atoms with Crippen LogP contribution in [0.1, 0.15) is 84.6 Å². The summed E-state index contributed by atoms with van der Waals surface area (Å²) >= 11 is 0. The fourth-order valence-corrected chi connectivity index (χ4v) is 5.17. The van der Waals surface area contributed by atoms with Gasteiger partial charge in [-0.05, 0) is 89.0 Å². The summed E-state index contributed by atoms with van der Waals surface area (Å²) in [6.07, 6.45) is 9.72. The van der Waals surface area contributed by atoms with E-state index in [1.165, 1.54) is 17.7 Å². The second-order valence-corrected chi connectivity index (χ2v) is 11.1. The topological polar surface area (TPSA) is 69.8 Å². The highest BCUT2D eigenvalue weighted by Gasteiger charge is 2.29. The first-order chi connectivity index (χ1) is 16.7. The van der Waals surface area contributed by atoms with Gasteiger partial charge in [0.25, 0.3) is 0 Å². The lowest BCUT2D eigenvalue weighted by molar-refractivity contribution is -0.134. The van der Waals surface area contributed by atoms with Crippen molar-refractivity contribution in [3.8, 4) is 11.8 Å². The minimum atomic E-state index is -0.824. The van der Waals surface area contributed by atoms with E-state index in [0.29, 0.717) is 12.0 Å². The summed E-state index contributed by atoms with van der Waals surface area (Å²) in [6, 6.07) is 8.39. The Hall–Kier alpha value is -2.29. The zero-order valence-corrected chi connectivity index (χ0v) is 22.2. The van der Waals surface area contributed by atoms with E-state index in [0.717, 1.165) is 70.1 Å². The van der Waals surface area contributed by atoms with Crippen LogP contribution in [0, 0.1) is 17.8 Å². The maximum Gasteiger partial charge on any atom is 0.239 e. The minimum Gasteiger partial charge on any atom is -0.378 e. The standard InChI is InChI=1S/C30H45N3O2/c1-23(2)13-21-33(27-14-19-32(20-15-27)29(34)28(31)22-24(3)4)26-10-8-25(9-11-26)12-18-30(35)16-6-5-7-17-30/h8-11,13,24,27-28,35H,5-7,14-17,19-22,31H2,1-4H3. The zero-order valence-electron chi connectivity index (χ0n) is 22.2. The third-order valence-electron chi connectivity index (χ3n) is 7.27. The Labute approximate surface area is 212 Å². The number of allylic oxidation sites excluding steroid dienone is 1. The quantitative estimate of drug-likeness (QED) is 0.432. The summed E-state index contributed by atoms with van der Waals surface area (Å²) in [5, 5.41) is 10.7. The molecule has 0 radical (unpaired) electrons. The first-order valence-corrected chi connectivity index (χ1v) is 13.5. The number of piperidine rings is 1. The van der Waals surface area contributed by atoms with E-state index in [1.807, 2.05) is 4.90 Å². The van der Waals surface area contributed by atoms with Crippen LogP contribution in [0.3, 0.4) is 0 Å². The van der Waals surface area contributed by atoms with Crippen molar-refractivity contribution in [3.05, 3.63) is 41.5 Å². The predicted octanol–water partition coefficient (Wildman–Crippen LogP) is 4.87. The molecular weight excluding hydrogens is 434 g/mol. The summed E-state index contributed by atoms with van der Waals surface area (Å²) < 4.78 is 0. The molecule has 1 heterocycles. The van der Waals surface area contributed by atoms with Gasteiger partial charge in [-0.1, -0.05) is 43.8 Å². The van der Waals surface area contributed by atoms with Crippen LogP contribution in [-0.2, 0) is 4.79 Å². The molecule has 5 heteroatoms. The minimum absolute atomic E-state index is 0.0931. The molecule has 1 aliphatic carbocycles. The number of nitrogens with zero attached hydrogens (tertiary/aromatic N) is 2. The van der Waals surface area contributed by atoms with Crippen LogP contribution in [0.15, 0.2) is 35.9 Å². The van der Waals surface area contributed by atoms with E-state index in [4.69, 9.17) is 5.73 Å². The molecule has 5 nitrogen and oxygen atoms in total. The SMILES string of the molecule is CC(C)=CCN(c1ccc(C#CC2(O)CCCCC2)cc1)C1CCN(C(=O)C(N)CC(C)C)CC1. The number of amides is 1. The predicted molar refractivity (Wildman–Crippen MR) is 145 cm³/mol. The van der Waals surface area contributed by atoms with Crippen LogP contribution in [0.2, 0.25) is 0 Å². The fourth-order valence-electron chi connectivity index (χ4n) is 5.17. The van der Waals surface area contributed by atoms with Gasteiger partial charge in [0.05, 0.1) is 6.04 Å². The van der Waals surface area contributed by atoms with Crippen LogP contribution in [0.25, 0.3) is 0 Å². The van der Waals surface area contributed by atoms with Crippen molar-refractivity contribution in [2.75, 3.05) is 24.5 Å². The highest BCUT2D eigenvalue weighted by atomic mass is 16.3. The average Bonchev–Trinajstić information content (AvgIpc) is 2.83. The van der Waals surface area contributed by atoms with Gasteiger partial charge in [0.1, 0.15) is 5.60 Å². The largest absolute Gasteiger partial charge is 0.378 e. The lowest BCUT2D eigenvalue weighted by Crippen LogP contribution is -2.51. The Morgan fingerprint density at radius 2 is 1.80 bits per heavy atom. The second kappa shape index (κ2) is 12.6. The molecule has 0 aromatic heterocycles. The first kappa shape index (κ1) is 27.3. The summed E-state index contributed by atoms with van der Waals surface area (Å²) in [7, 11) is 0. The molecule has 1 saturated heterocycles. The van der Waals surface area contributed by atoms with Crippen LogP contribution in [0.5, 0.6) is 0 Å². The molecule has 2 fully saturated rings. The van der Waals surface area contributed by atoms with Gasteiger partial charge in [0.15, 0.2) is 0 Å². The third-order valence-corrected chi connectivity index (χ3v) is 7.27. The molecule has 3 rings (SSSR count). The number of carbonyl (C=O) groups excluding carboxylic acids is 1. The molecule has 3 N–H and O–H groups in total. The number of anilines is 1. The van der Waals surface area contributed by atoms with Gasteiger partial charge in [-0.15, -0.1) is 0 Å².